The molecule has 5 nitrogen and oxygen atoms in total. The van der Waals surface area contributed by atoms with Crippen LogP contribution in [0.5, 0.6) is 0 Å². The Labute approximate surface area is 141 Å². The minimum atomic E-state index is -4.78. The second-order valence-corrected chi connectivity index (χ2v) is 6.05. The van der Waals surface area contributed by atoms with Crippen LogP contribution in [0.4, 0.5) is 17.6 Å². The number of hydrogen-bond donors (Lipinski definition) is 1. The molecule has 1 amide bonds. The zero-order chi connectivity index (χ0) is 18.8. The largest absolute Gasteiger partial charge is 0.471 e. The normalized spacial score (nSPS) is 13.1. The van der Waals surface area contributed by atoms with E-state index in [1.807, 2.05) is 20.8 Å². The third kappa shape index (κ3) is 4.55. The number of rotatable bonds is 5. The topological polar surface area (TPSA) is 68.0 Å². The minimum absolute atomic E-state index is 0.0242. The van der Waals surface area contributed by atoms with E-state index in [2.05, 4.69) is 20.0 Å². The fourth-order valence-electron chi connectivity index (χ4n) is 1.88. The molecule has 1 aromatic carbocycles. The highest BCUT2D eigenvalue weighted by molar-refractivity contribution is 5.94. The molecule has 9 heteroatoms. The molecule has 0 saturated carbocycles. The van der Waals surface area contributed by atoms with Crippen LogP contribution in [0.3, 0.4) is 0 Å². The second kappa shape index (κ2) is 7.20. The zero-order valence-corrected chi connectivity index (χ0v) is 13.8. The molecule has 0 spiro atoms. The summed E-state index contributed by atoms with van der Waals surface area (Å²) in [4.78, 5) is 15.2. The fraction of sp³-hybridized carbons (Fsp3) is 0.438. The lowest BCUT2D eigenvalue weighted by Crippen LogP contribution is -2.30. The SMILES string of the molecule is CC(C)C(C)CNC(=O)c1ccc(-c2noc(C(F)(F)F)n2)cc1F. The Kier molecular flexibility index (Phi) is 5.44. The molecule has 1 heterocycles. The molecule has 0 fully saturated rings. The summed E-state index contributed by atoms with van der Waals surface area (Å²) >= 11 is 0. The molecule has 1 N–H and O–H groups in total. The van der Waals surface area contributed by atoms with Crippen molar-refractivity contribution in [3.8, 4) is 11.4 Å². The maximum atomic E-state index is 14.1. The fourth-order valence-corrected chi connectivity index (χ4v) is 1.88. The van der Waals surface area contributed by atoms with E-state index in [1.54, 1.807) is 0 Å². The molecule has 0 bridgehead atoms. The van der Waals surface area contributed by atoms with Crippen molar-refractivity contribution >= 4 is 5.91 Å². The van der Waals surface area contributed by atoms with Crippen LogP contribution >= 0.6 is 0 Å². The van der Waals surface area contributed by atoms with E-state index in [4.69, 9.17) is 0 Å². The van der Waals surface area contributed by atoms with Crippen LogP contribution in [-0.4, -0.2) is 22.6 Å². The van der Waals surface area contributed by atoms with Crippen molar-refractivity contribution in [2.75, 3.05) is 6.54 Å². The number of carbonyl (C=O) groups excluding carboxylic acids is 1. The summed E-state index contributed by atoms with van der Waals surface area (Å²) in [5.74, 6) is -2.84. The first kappa shape index (κ1) is 18.9. The smallest absolute Gasteiger partial charge is 0.352 e. The maximum Gasteiger partial charge on any atom is 0.471 e. The molecule has 2 aromatic rings. The predicted octanol–water partition coefficient (Wildman–Crippen LogP) is 3.92. The highest BCUT2D eigenvalue weighted by Gasteiger charge is 2.38. The monoisotopic (exact) mass is 359 g/mol. The van der Waals surface area contributed by atoms with Gasteiger partial charge in [0.2, 0.25) is 5.82 Å². The summed E-state index contributed by atoms with van der Waals surface area (Å²) in [5, 5.41) is 5.80. The van der Waals surface area contributed by atoms with Gasteiger partial charge in [0, 0.05) is 12.1 Å². The Balaban J connectivity index is 2.15. The highest BCUT2D eigenvalue weighted by Crippen LogP contribution is 2.29. The summed E-state index contributed by atoms with van der Waals surface area (Å²) in [6.45, 7) is 6.36. The van der Waals surface area contributed by atoms with E-state index in [0.29, 0.717) is 12.5 Å². The Morgan fingerprint density at radius 2 is 1.96 bits per heavy atom. The Morgan fingerprint density at radius 3 is 2.48 bits per heavy atom. The van der Waals surface area contributed by atoms with Crippen LogP contribution in [0.25, 0.3) is 11.4 Å². The van der Waals surface area contributed by atoms with Gasteiger partial charge in [0.1, 0.15) is 5.82 Å². The maximum absolute atomic E-state index is 14.1. The second-order valence-electron chi connectivity index (χ2n) is 6.05. The molecular formula is C16H17F4N3O2. The summed E-state index contributed by atoms with van der Waals surface area (Å²) in [5.41, 5.74) is -0.233. The van der Waals surface area contributed by atoms with Crippen LogP contribution in [0.2, 0.25) is 0 Å². The summed E-state index contributed by atoms with van der Waals surface area (Å²) in [6.07, 6.45) is -4.78. The van der Waals surface area contributed by atoms with Crippen molar-refractivity contribution in [3.05, 3.63) is 35.5 Å². The molecule has 0 aliphatic rings. The first-order valence-electron chi connectivity index (χ1n) is 7.58. The molecule has 2 rings (SSSR count). The van der Waals surface area contributed by atoms with E-state index in [1.165, 1.54) is 12.1 Å². The third-order valence-electron chi connectivity index (χ3n) is 3.86. The number of aromatic nitrogens is 2. The molecule has 1 unspecified atom stereocenters. The molecule has 0 radical (unpaired) electrons. The first-order chi connectivity index (χ1) is 11.6. The van der Waals surface area contributed by atoms with Gasteiger partial charge in [-0.3, -0.25) is 4.79 Å². The van der Waals surface area contributed by atoms with Gasteiger partial charge in [-0.25, -0.2) is 4.39 Å². The molecule has 136 valence electrons. The number of amides is 1. The van der Waals surface area contributed by atoms with Crippen molar-refractivity contribution in [2.45, 2.75) is 26.9 Å². The summed E-state index contributed by atoms with van der Waals surface area (Å²) in [6, 6.07) is 3.32. The standard InChI is InChI=1S/C16H17F4N3O2/c1-8(2)9(3)7-21-14(24)11-5-4-10(6-12(11)17)13-22-15(25-23-13)16(18,19)20/h4-6,8-9H,7H2,1-3H3,(H,21,24). The molecule has 1 aromatic heterocycles. The number of benzene rings is 1. The van der Waals surface area contributed by atoms with Crippen LogP contribution in [-0.2, 0) is 6.18 Å². The van der Waals surface area contributed by atoms with Crippen molar-refractivity contribution < 1.29 is 26.9 Å². The molecule has 25 heavy (non-hydrogen) atoms. The van der Waals surface area contributed by atoms with Crippen LogP contribution in [0.15, 0.2) is 22.7 Å². The lowest BCUT2D eigenvalue weighted by molar-refractivity contribution is -0.159. The lowest BCUT2D eigenvalue weighted by atomic mass is 9.98. The number of halogens is 4. The van der Waals surface area contributed by atoms with Crippen LogP contribution < -0.4 is 5.32 Å². The quantitative estimate of drug-likeness (QED) is 0.822. The third-order valence-corrected chi connectivity index (χ3v) is 3.86. The van der Waals surface area contributed by atoms with E-state index in [-0.39, 0.29) is 17.0 Å². The number of carbonyl (C=O) groups is 1. The van der Waals surface area contributed by atoms with E-state index in [0.717, 1.165) is 6.07 Å². The Hall–Kier alpha value is -2.45. The van der Waals surface area contributed by atoms with Gasteiger partial charge in [0.15, 0.2) is 0 Å². The Morgan fingerprint density at radius 1 is 1.28 bits per heavy atom. The molecule has 0 saturated heterocycles. The van der Waals surface area contributed by atoms with Gasteiger partial charge in [-0.1, -0.05) is 32.0 Å². The van der Waals surface area contributed by atoms with E-state index in [9.17, 15) is 22.4 Å². The van der Waals surface area contributed by atoms with Crippen LogP contribution in [0.1, 0.15) is 37.0 Å². The van der Waals surface area contributed by atoms with Gasteiger partial charge in [0.05, 0.1) is 5.56 Å². The number of alkyl halides is 3. The van der Waals surface area contributed by atoms with Crippen molar-refractivity contribution in [2.24, 2.45) is 11.8 Å². The van der Waals surface area contributed by atoms with Gasteiger partial charge in [0.25, 0.3) is 5.91 Å². The number of nitrogens with zero attached hydrogens (tertiary/aromatic N) is 2. The van der Waals surface area contributed by atoms with Gasteiger partial charge in [-0.15, -0.1) is 0 Å². The predicted molar refractivity (Wildman–Crippen MR) is 81.0 cm³/mol. The molecule has 0 aliphatic heterocycles. The van der Waals surface area contributed by atoms with Crippen molar-refractivity contribution in [3.63, 3.8) is 0 Å². The van der Waals surface area contributed by atoms with Crippen LogP contribution in [0, 0.1) is 17.7 Å². The van der Waals surface area contributed by atoms with Crippen molar-refractivity contribution in [1.29, 1.82) is 0 Å². The molecular weight excluding hydrogens is 342 g/mol. The molecule has 1 atom stereocenters. The average molecular weight is 359 g/mol. The number of nitrogens with one attached hydrogen (secondary N) is 1. The van der Waals surface area contributed by atoms with E-state index < -0.39 is 29.6 Å². The van der Waals surface area contributed by atoms with Gasteiger partial charge in [-0.2, -0.15) is 18.2 Å². The summed E-state index contributed by atoms with van der Waals surface area (Å²) in [7, 11) is 0. The zero-order valence-electron chi connectivity index (χ0n) is 13.8. The first-order valence-corrected chi connectivity index (χ1v) is 7.58. The molecule has 0 aliphatic carbocycles. The van der Waals surface area contributed by atoms with Crippen molar-refractivity contribution in [1.82, 2.24) is 15.5 Å². The number of hydrogen-bond acceptors (Lipinski definition) is 4. The highest BCUT2D eigenvalue weighted by atomic mass is 19.4. The van der Waals surface area contributed by atoms with Gasteiger partial charge >= 0.3 is 12.1 Å². The lowest BCUT2D eigenvalue weighted by Gasteiger charge is -2.16. The minimum Gasteiger partial charge on any atom is -0.352 e. The van der Waals surface area contributed by atoms with E-state index >= 15 is 0 Å². The summed E-state index contributed by atoms with van der Waals surface area (Å²) < 4.78 is 55.6. The van der Waals surface area contributed by atoms with Gasteiger partial charge in [-0.05, 0) is 24.0 Å². The Bertz CT molecular complexity index is 756. The average Bonchev–Trinajstić information content (AvgIpc) is 3.02. The van der Waals surface area contributed by atoms with Gasteiger partial charge < -0.3 is 9.84 Å².